The molecule has 0 aliphatic rings. The first-order valence-electron chi connectivity index (χ1n) is 4.80. The summed E-state index contributed by atoms with van der Waals surface area (Å²) in [5, 5.41) is 0. The van der Waals surface area contributed by atoms with Crippen LogP contribution in [0.2, 0.25) is 0 Å². The zero-order valence-electron chi connectivity index (χ0n) is 8.67. The Morgan fingerprint density at radius 2 is 1.94 bits per heavy atom. The third kappa shape index (κ3) is 2.98. The molecule has 0 aromatic heterocycles. The van der Waals surface area contributed by atoms with Crippen molar-refractivity contribution < 1.29 is 22.7 Å². The van der Waals surface area contributed by atoms with Crippen molar-refractivity contribution >= 4 is 5.97 Å². The maximum Gasteiger partial charge on any atom is 0.417 e. The lowest BCUT2D eigenvalue weighted by atomic mass is 10.1. The van der Waals surface area contributed by atoms with Gasteiger partial charge in [-0.05, 0) is 18.6 Å². The second kappa shape index (κ2) is 5.01. The van der Waals surface area contributed by atoms with E-state index >= 15 is 0 Å². The standard InChI is InChI=1S/C11H11F3O2/c1-2-7-16-10(15)8-5-3-4-6-9(8)11(12,13)14/h3-6H,2,7H2,1H3. The molecule has 16 heavy (non-hydrogen) atoms. The molecule has 0 aliphatic heterocycles. The van der Waals surface area contributed by atoms with Crippen LogP contribution in [0.3, 0.4) is 0 Å². The summed E-state index contributed by atoms with van der Waals surface area (Å²) < 4.78 is 42.2. The molecule has 0 unspecified atom stereocenters. The molecule has 0 aliphatic carbocycles. The van der Waals surface area contributed by atoms with Crippen molar-refractivity contribution in [2.45, 2.75) is 19.5 Å². The highest BCUT2D eigenvalue weighted by molar-refractivity contribution is 5.91. The number of benzene rings is 1. The van der Waals surface area contributed by atoms with Crippen LogP contribution in [-0.4, -0.2) is 12.6 Å². The summed E-state index contributed by atoms with van der Waals surface area (Å²) in [4.78, 5) is 11.3. The fourth-order valence-corrected chi connectivity index (χ4v) is 1.18. The molecule has 0 saturated heterocycles. The summed E-state index contributed by atoms with van der Waals surface area (Å²) in [6.45, 7) is 1.88. The lowest BCUT2D eigenvalue weighted by molar-refractivity contribution is -0.138. The minimum atomic E-state index is -4.54. The van der Waals surface area contributed by atoms with Gasteiger partial charge in [0.15, 0.2) is 0 Å². The average Bonchev–Trinajstić information content (AvgIpc) is 2.24. The van der Waals surface area contributed by atoms with Crippen LogP contribution in [0.25, 0.3) is 0 Å². The summed E-state index contributed by atoms with van der Waals surface area (Å²) >= 11 is 0. The Kier molecular flexibility index (Phi) is 3.93. The molecule has 1 aromatic rings. The molecule has 0 heterocycles. The average molecular weight is 232 g/mol. The molecule has 1 rings (SSSR count). The molecular weight excluding hydrogens is 221 g/mol. The molecule has 0 fully saturated rings. The third-order valence-electron chi connectivity index (χ3n) is 1.89. The van der Waals surface area contributed by atoms with Crippen molar-refractivity contribution in [3.05, 3.63) is 35.4 Å². The summed E-state index contributed by atoms with van der Waals surface area (Å²) in [7, 11) is 0. The van der Waals surface area contributed by atoms with Crippen LogP contribution >= 0.6 is 0 Å². The second-order valence-corrected chi connectivity index (χ2v) is 3.18. The number of carbonyl (C=O) groups is 1. The van der Waals surface area contributed by atoms with Gasteiger partial charge in [-0.25, -0.2) is 4.79 Å². The van der Waals surface area contributed by atoms with Crippen molar-refractivity contribution in [1.29, 1.82) is 0 Å². The highest BCUT2D eigenvalue weighted by atomic mass is 19.4. The number of ether oxygens (including phenoxy) is 1. The molecule has 1 aromatic carbocycles. The van der Waals surface area contributed by atoms with Gasteiger partial charge in [0.25, 0.3) is 0 Å². The molecular formula is C11H11F3O2. The Hall–Kier alpha value is -1.52. The molecule has 88 valence electrons. The van der Waals surface area contributed by atoms with Gasteiger partial charge >= 0.3 is 12.1 Å². The quantitative estimate of drug-likeness (QED) is 0.747. The summed E-state index contributed by atoms with van der Waals surface area (Å²) in [5.41, 5.74) is -1.40. The SMILES string of the molecule is CCCOC(=O)c1ccccc1C(F)(F)F. The van der Waals surface area contributed by atoms with Crippen molar-refractivity contribution in [3.8, 4) is 0 Å². The Morgan fingerprint density at radius 3 is 2.50 bits per heavy atom. The lowest BCUT2D eigenvalue weighted by Crippen LogP contribution is -2.15. The number of alkyl halides is 3. The van der Waals surface area contributed by atoms with Crippen LogP contribution in [0, 0.1) is 0 Å². The van der Waals surface area contributed by atoms with Gasteiger partial charge in [0, 0.05) is 0 Å². The number of hydrogen-bond acceptors (Lipinski definition) is 2. The summed E-state index contributed by atoms with van der Waals surface area (Å²) in [5.74, 6) is -0.935. The third-order valence-corrected chi connectivity index (χ3v) is 1.89. The van der Waals surface area contributed by atoms with Gasteiger partial charge in [-0.1, -0.05) is 19.1 Å². The van der Waals surface area contributed by atoms with E-state index in [4.69, 9.17) is 0 Å². The van der Waals surface area contributed by atoms with Gasteiger partial charge in [0.05, 0.1) is 17.7 Å². The van der Waals surface area contributed by atoms with Crippen LogP contribution in [0.5, 0.6) is 0 Å². The fraction of sp³-hybridized carbons (Fsp3) is 0.364. The zero-order valence-corrected chi connectivity index (χ0v) is 8.67. The van der Waals surface area contributed by atoms with E-state index < -0.39 is 23.3 Å². The Balaban J connectivity index is 3.00. The fourth-order valence-electron chi connectivity index (χ4n) is 1.18. The van der Waals surface area contributed by atoms with Gasteiger partial charge < -0.3 is 4.74 Å². The largest absolute Gasteiger partial charge is 0.462 e. The van der Waals surface area contributed by atoms with E-state index in [2.05, 4.69) is 4.74 Å². The van der Waals surface area contributed by atoms with Gasteiger partial charge in [-0.2, -0.15) is 13.2 Å². The van der Waals surface area contributed by atoms with Gasteiger partial charge in [-0.3, -0.25) is 0 Å². The first-order chi connectivity index (χ1) is 7.46. The molecule has 0 N–H and O–H groups in total. The van der Waals surface area contributed by atoms with Crippen LogP contribution in [0.15, 0.2) is 24.3 Å². The van der Waals surface area contributed by atoms with Crippen molar-refractivity contribution in [2.75, 3.05) is 6.61 Å². The van der Waals surface area contributed by atoms with Crippen LogP contribution in [0.1, 0.15) is 29.3 Å². The van der Waals surface area contributed by atoms with E-state index in [1.54, 1.807) is 6.92 Å². The second-order valence-electron chi connectivity index (χ2n) is 3.18. The van der Waals surface area contributed by atoms with Crippen LogP contribution in [-0.2, 0) is 10.9 Å². The molecule has 0 amide bonds. The van der Waals surface area contributed by atoms with Crippen molar-refractivity contribution in [1.82, 2.24) is 0 Å². The maximum absolute atomic E-state index is 12.5. The van der Waals surface area contributed by atoms with Crippen LogP contribution in [0.4, 0.5) is 13.2 Å². The first-order valence-corrected chi connectivity index (χ1v) is 4.80. The van der Waals surface area contributed by atoms with Gasteiger partial charge in [0.1, 0.15) is 0 Å². The topological polar surface area (TPSA) is 26.3 Å². The number of halogens is 3. The number of rotatable bonds is 3. The van der Waals surface area contributed by atoms with E-state index in [0.29, 0.717) is 6.42 Å². The van der Waals surface area contributed by atoms with E-state index in [-0.39, 0.29) is 6.61 Å². The predicted octanol–water partition coefficient (Wildman–Crippen LogP) is 3.27. The minimum absolute atomic E-state index is 0.116. The highest BCUT2D eigenvalue weighted by Crippen LogP contribution is 2.32. The summed E-state index contributed by atoms with van der Waals surface area (Å²) in [6, 6.07) is 4.58. The number of hydrogen-bond donors (Lipinski definition) is 0. The molecule has 0 saturated carbocycles. The highest BCUT2D eigenvalue weighted by Gasteiger charge is 2.35. The van der Waals surface area contributed by atoms with E-state index in [9.17, 15) is 18.0 Å². The van der Waals surface area contributed by atoms with E-state index in [1.165, 1.54) is 12.1 Å². The van der Waals surface area contributed by atoms with Crippen LogP contribution < -0.4 is 0 Å². The predicted molar refractivity (Wildman–Crippen MR) is 52.0 cm³/mol. The minimum Gasteiger partial charge on any atom is -0.462 e. The van der Waals surface area contributed by atoms with E-state index in [1.807, 2.05) is 0 Å². The lowest BCUT2D eigenvalue weighted by Gasteiger charge is -2.11. The smallest absolute Gasteiger partial charge is 0.417 e. The zero-order chi connectivity index (χ0) is 12.2. The Bertz CT molecular complexity index is 372. The Morgan fingerprint density at radius 1 is 1.31 bits per heavy atom. The van der Waals surface area contributed by atoms with Crippen molar-refractivity contribution in [2.24, 2.45) is 0 Å². The maximum atomic E-state index is 12.5. The first kappa shape index (κ1) is 12.5. The van der Waals surface area contributed by atoms with Crippen molar-refractivity contribution in [3.63, 3.8) is 0 Å². The molecule has 0 bridgehead atoms. The monoisotopic (exact) mass is 232 g/mol. The Labute approximate surface area is 91.0 Å². The molecule has 0 spiro atoms. The number of carbonyl (C=O) groups excluding carboxylic acids is 1. The molecule has 0 radical (unpaired) electrons. The molecule has 5 heteroatoms. The summed E-state index contributed by atoms with van der Waals surface area (Å²) in [6.07, 6.45) is -3.97. The van der Waals surface area contributed by atoms with Gasteiger partial charge in [0.2, 0.25) is 0 Å². The molecule has 2 nitrogen and oxygen atoms in total. The van der Waals surface area contributed by atoms with Gasteiger partial charge in [-0.15, -0.1) is 0 Å². The number of esters is 1. The normalized spacial score (nSPS) is 11.2. The molecule has 0 atom stereocenters. The van der Waals surface area contributed by atoms with E-state index in [0.717, 1.165) is 12.1 Å².